The maximum absolute atomic E-state index is 13.4. The molecule has 2 fully saturated rings. The number of hydrogen-bond acceptors (Lipinski definition) is 7. The predicted molar refractivity (Wildman–Crippen MR) is 129 cm³/mol. The van der Waals surface area contributed by atoms with E-state index in [4.69, 9.17) is 4.74 Å². The lowest BCUT2D eigenvalue weighted by Crippen LogP contribution is -2.59. The maximum atomic E-state index is 13.4. The smallest absolute Gasteiger partial charge is 0.416 e. The highest BCUT2D eigenvalue weighted by atomic mass is 32.1. The van der Waals surface area contributed by atoms with Crippen LogP contribution in [0.2, 0.25) is 0 Å². The van der Waals surface area contributed by atoms with E-state index in [-0.39, 0.29) is 30.4 Å². The van der Waals surface area contributed by atoms with Crippen molar-refractivity contribution in [2.45, 2.75) is 38.0 Å². The number of hydrogen-bond donors (Lipinski definition) is 1. The molecule has 2 aliphatic heterocycles. The number of nitrogens with zero attached hydrogens (tertiary/aromatic N) is 3. The molecule has 11 heteroatoms. The van der Waals surface area contributed by atoms with Crippen molar-refractivity contribution >= 4 is 23.2 Å². The first-order valence-corrected chi connectivity index (χ1v) is 12.8. The second-order valence-corrected chi connectivity index (χ2v) is 9.79. The third-order valence-corrected chi connectivity index (χ3v) is 7.26. The molecule has 4 rings (SSSR count). The van der Waals surface area contributed by atoms with E-state index in [0.717, 1.165) is 35.7 Å². The number of esters is 1. The molecule has 0 aliphatic carbocycles. The van der Waals surface area contributed by atoms with Crippen molar-refractivity contribution in [3.8, 4) is 0 Å². The normalized spacial score (nSPS) is 22.2. The summed E-state index contributed by atoms with van der Waals surface area (Å²) >= 11 is 1.52. The summed E-state index contributed by atoms with van der Waals surface area (Å²) in [6, 6.07) is 4.38. The number of likely N-dealkylation sites (tertiary alicyclic amines) is 1. The summed E-state index contributed by atoms with van der Waals surface area (Å²) in [6.07, 6.45) is -0.358. The van der Waals surface area contributed by atoms with Crippen molar-refractivity contribution in [2.75, 3.05) is 39.3 Å². The Labute approximate surface area is 211 Å². The quantitative estimate of drug-likeness (QED) is 0.444. The van der Waals surface area contributed by atoms with Crippen molar-refractivity contribution in [2.24, 2.45) is 0 Å². The molecule has 0 radical (unpaired) electrons. The summed E-state index contributed by atoms with van der Waals surface area (Å²) in [7, 11) is 0. The molecular formula is C25H29F3N4O3S. The molecule has 2 atom stereocenters. The first-order chi connectivity index (χ1) is 17.2. The molecular weight excluding hydrogens is 493 g/mol. The average molecular weight is 523 g/mol. The second-order valence-electron chi connectivity index (χ2n) is 8.87. The van der Waals surface area contributed by atoms with Crippen molar-refractivity contribution < 1.29 is 27.5 Å². The minimum Gasteiger partial charge on any atom is -0.463 e. The van der Waals surface area contributed by atoms with Gasteiger partial charge in [0.25, 0.3) is 0 Å². The minimum atomic E-state index is -4.41. The lowest BCUT2D eigenvalue weighted by molar-refractivity contribution is -0.138. The molecule has 1 amide bonds. The Morgan fingerprint density at radius 1 is 1.25 bits per heavy atom. The van der Waals surface area contributed by atoms with Gasteiger partial charge in [-0.05, 0) is 36.6 Å². The van der Waals surface area contributed by atoms with E-state index in [0.29, 0.717) is 38.3 Å². The van der Waals surface area contributed by atoms with E-state index in [2.05, 4.69) is 15.2 Å². The number of carbonyl (C=O) groups is 2. The Bertz CT molecular complexity index is 1070. The van der Waals surface area contributed by atoms with Gasteiger partial charge in [-0.1, -0.05) is 12.1 Å². The number of nitrogens with one attached hydrogen (secondary N) is 1. The number of thiazole rings is 1. The standard InChI is InChI=1S/C25H29F3N4O3S/c1-2-35-22(34)14-18-7-10-31(15-18)16-20-23(24-30-9-12-36-24)29-8-11-32(20)21(33)13-17-3-5-19(6-4-17)25(26,27)28/h3-6,9,12,14,20,23,29H,2,7-8,10-11,13,15-16H2,1H3/b18-14+/t20-,23-/m1/s1. The van der Waals surface area contributed by atoms with Crippen molar-refractivity contribution in [1.29, 1.82) is 0 Å². The molecule has 0 spiro atoms. The molecule has 3 heterocycles. The first-order valence-electron chi connectivity index (χ1n) is 11.9. The van der Waals surface area contributed by atoms with Gasteiger partial charge < -0.3 is 15.0 Å². The van der Waals surface area contributed by atoms with Crippen molar-refractivity contribution in [3.05, 3.63) is 63.6 Å². The fourth-order valence-corrected chi connectivity index (χ4v) is 5.47. The molecule has 1 aromatic carbocycles. The topological polar surface area (TPSA) is 74.8 Å². The van der Waals surface area contributed by atoms with Gasteiger partial charge in [-0.3, -0.25) is 9.69 Å². The van der Waals surface area contributed by atoms with Gasteiger partial charge in [0.15, 0.2) is 0 Å². The number of benzene rings is 1. The Kier molecular flexibility index (Phi) is 8.43. The van der Waals surface area contributed by atoms with Crippen LogP contribution in [-0.4, -0.2) is 72.0 Å². The van der Waals surface area contributed by atoms with Gasteiger partial charge in [0.05, 0.1) is 30.7 Å². The van der Waals surface area contributed by atoms with Crippen LogP contribution in [0.1, 0.15) is 35.5 Å². The van der Waals surface area contributed by atoms with Crippen LogP contribution in [0.4, 0.5) is 13.2 Å². The van der Waals surface area contributed by atoms with Crippen LogP contribution in [0.3, 0.4) is 0 Å². The highest BCUT2D eigenvalue weighted by Gasteiger charge is 2.38. The first kappa shape index (κ1) is 26.3. The van der Waals surface area contributed by atoms with Crippen LogP contribution in [0.25, 0.3) is 0 Å². The van der Waals surface area contributed by atoms with E-state index in [1.54, 1.807) is 19.2 Å². The Morgan fingerprint density at radius 3 is 2.69 bits per heavy atom. The van der Waals surface area contributed by atoms with E-state index in [9.17, 15) is 22.8 Å². The summed E-state index contributed by atoms with van der Waals surface area (Å²) in [6.45, 7) is 5.12. The number of ether oxygens (including phenoxy) is 1. The van der Waals surface area contributed by atoms with Crippen LogP contribution < -0.4 is 5.32 Å². The van der Waals surface area contributed by atoms with Gasteiger partial charge in [0, 0.05) is 50.4 Å². The fraction of sp³-hybridized carbons (Fsp3) is 0.480. The maximum Gasteiger partial charge on any atom is 0.416 e. The fourth-order valence-electron chi connectivity index (χ4n) is 4.70. The van der Waals surface area contributed by atoms with Crippen LogP contribution >= 0.6 is 11.3 Å². The summed E-state index contributed by atoms with van der Waals surface area (Å²) in [5.41, 5.74) is 0.797. The molecule has 36 heavy (non-hydrogen) atoms. The van der Waals surface area contributed by atoms with Crippen LogP contribution in [-0.2, 0) is 26.9 Å². The molecule has 0 unspecified atom stereocenters. The molecule has 2 aromatic rings. The summed E-state index contributed by atoms with van der Waals surface area (Å²) in [5.74, 6) is -0.480. The monoisotopic (exact) mass is 522 g/mol. The van der Waals surface area contributed by atoms with E-state index in [1.807, 2.05) is 10.3 Å². The highest BCUT2D eigenvalue weighted by molar-refractivity contribution is 7.09. The zero-order valence-corrected chi connectivity index (χ0v) is 20.8. The predicted octanol–water partition coefficient (Wildman–Crippen LogP) is 3.44. The molecule has 2 aliphatic rings. The van der Waals surface area contributed by atoms with Gasteiger partial charge in [0.1, 0.15) is 5.01 Å². The zero-order valence-electron chi connectivity index (χ0n) is 20.0. The van der Waals surface area contributed by atoms with Crippen LogP contribution in [0.5, 0.6) is 0 Å². The number of aromatic nitrogens is 1. The third kappa shape index (κ3) is 6.51. The number of carbonyl (C=O) groups excluding carboxylic acids is 2. The number of rotatable bonds is 7. The molecule has 7 nitrogen and oxygen atoms in total. The SMILES string of the molecule is CCOC(=O)/C=C1\CCN(C[C@@H]2[C@H](c3nccs3)NCCN2C(=O)Cc2ccc(C(F)(F)F)cc2)C1. The second kappa shape index (κ2) is 11.5. The molecule has 1 aromatic heterocycles. The van der Waals surface area contributed by atoms with E-state index >= 15 is 0 Å². The van der Waals surface area contributed by atoms with E-state index < -0.39 is 11.7 Å². The summed E-state index contributed by atoms with van der Waals surface area (Å²) in [5, 5.41) is 6.27. The van der Waals surface area contributed by atoms with Gasteiger partial charge in [-0.15, -0.1) is 11.3 Å². The Balaban J connectivity index is 1.49. The van der Waals surface area contributed by atoms with Crippen LogP contribution in [0.15, 0.2) is 47.5 Å². The van der Waals surface area contributed by atoms with Crippen molar-refractivity contribution in [3.63, 3.8) is 0 Å². The van der Waals surface area contributed by atoms with Crippen LogP contribution in [0, 0.1) is 0 Å². The highest BCUT2D eigenvalue weighted by Crippen LogP contribution is 2.30. The van der Waals surface area contributed by atoms with Gasteiger partial charge in [-0.25, -0.2) is 9.78 Å². The zero-order chi connectivity index (χ0) is 25.7. The number of halogens is 3. The largest absolute Gasteiger partial charge is 0.463 e. The molecule has 194 valence electrons. The summed E-state index contributed by atoms with van der Waals surface area (Å²) in [4.78, 5) is 33.8. The Morgan fingerprint density at radius 2 is 2.03 bits per heavy atom. The molecule has 0 bridgehead atoms. The number of alkyl halides is 3. The average Bonchev–Trinajstić information content (AvgIpc) is 3.52. The molecule has 1 N–H and O–H groups in total. The lowest BCUT2D eigenvalue weighted by Gasteiger charge is -2.43. The van der Waals surface area contributed by atoms with Gasteiger partial charge in [0.2, 0.25) is 5.91 Å². The Hall–Kier alpha value is -2.76. The minimum absolute atomic E-state index is 0.0211. The van der Waals surface area contributed by atoms with E-state index in [1.165, 1.54) is 23.5 Å². The molecule has 2 saturated heterocycles. The number of piperazine rings is 1. The third-order valence-electron chi connectivity index (χ3n) is 6.41. The number of amides is 1. The van der Waals surface area contributed by atoms with Gasteiger partial charge >= 0.3 is 12.1 Å². The summed E-state index contributed by atoms with van der Waals surface area (Å²) < 4.78 is 43.8. The lowest BCUT2D eigenvalue weighted by atomic mass is 10.0. The molecule has 0 saturated carbocycles. The van der Waals surface area contributed by atoms with Crippen molar-refractivity contribution in [1.82, 2.24) is 20.1 Å². The van der Waals surface area contributed by atoms with Gasteiger partial charge in [-0.2, -0.15) is 13.2 Å².